The van der Waals surface area contributed by atoms with Crippen LogP contribution in [0.4, 0.5) is 0 Å². The lowest BCUT2D eigenvalue weighted by Crippen LogP contribution is -2.19. The van der Waals surface area contributed by atoms with E-state index in [0.717, 1.165) is 41.0 Å². The van der Waals surface area contributed by atoms with E-state index in [1.54, 1.807) is 12.1 Å². The van der Waals surface area contributed by atoms with Crippen molar-refractivity contribution in [3.8, 4) is 16.9 Å². The first-order valence-electron chi connectivity index (χ1n) is 9.87. The smallest absolute Gasteiger partial charge is 0.271 e. The zero-order valence-electron chi connectivity index (χ0n) is 16.9. The van der Waals surface area contributed by atoms with Crippen molar-refractivity contribution >= 4 is 11.6 Å². The Kier molecular flexibility index (Phi) is 7.17. The number of ether oxygens (including phenoxy) is 1. The summed E-state index contributed by atoms with van der Waals surface area (Å²) in [5.74, 6) is 0.628. The molecule has 0 heterocycles. The van der Waals surface area contributed by atoms with Gasteiger partial charge < -0.3 is 4.74 Å². The second-order valence-electron chi connectivity index (χ2n) is 6.89. The summed E-state index contributed by atoms with van der Waals surface area (Å²) in [5.41, 5.74) is 7.27. The van der Waals surface area contributed by atoms with Crippen LogP contribution in [0.15, 0.2) is 84.0 Å². The number of benzene rings is 3. The van der Waals surface area contributed by atoms with E-state index in [9.17, 15) is 4.79 Å². The lowest BCUT2D eigenvalue weighted by molar-refractivity contribution is 0.0954. The van der Waals surface area contributed by atoms with E-state index in [0.29, 0.717) is 12.2 Å². The number of para-hydroxylation sites is 1. The second-order valence-corrected chi connectivity index (χ2v) is 6.89. The van der Waals surface area contributed by atoms with Crippen molar-refractivity contribution in [1.29, 1.82) is 0 Å². The summed E-state index contributed by atoms with van der Waals surface area (Å²) in [6.45, 7) is 4.43. The highest BCUT2D eigenvalue weighted by Gasteiger charge is 2.07. The maximum Gasteiger partial charge on any atom is 0.271 e. The van der Waals surface area contributed by atoms with E-state index in [2.05, 4.69) is 35.7 Å². The van der Waals surface area contributed by atoms with Gasteiger partial charge in [0.2, 0.25) is 0 Å². The van der Waals surface area contributed by atoms with Gasteiger partial charge in [-0.25, -0.2) is 5.43 Å². The molecular weight excluding hydrogens is 360 g/mol. The van der Waals surface area contributed by atoms with Crippen LogP contribution >= 0.6 is 0 Å². The molecule has 4 nitrogen and oxygen atoms in total. The van der Waals surface area contributed by atoms with Crippen LogP contribution < -0.4 is 10.2 Å². The van der Waals surface area contributed by atoms with Gasteiger partial charge in [-0.3, -0.25) is 4.79 Å². The molecule has 0 fully saturated rings. The number of nitrogens with one attached hydrogen (secondary N) is 1. The number of amides is 1. The molecule has 0 aliphatic rings. The van der Waals surface area contributed by atoms with Gasteiger partial charge in [0.15, 0.2) is 0 Å². The van der Waals surface area contributed by atoms with Gasteiger partial charge in [0.05, 0.1) is 0 Å². The van der Waals surface area contributed by atoms with Gasteiger partial charge in [-0.05, 0) is 42.7 Å². The Morgan fingerprint density at radius 2 is 1.62 bits per heavy atom. The van der Waals surface area contributed by atoms with E-state index in [-0.39, 0.29) is 5.91 Å². The molecule has 0 aliphatic carbocycles. The highest BCUT2D eigenvalue weighted by atomic mass is 16.5. The molecule has 0 aromatic heterocycles. The van der Waals surface area contributed by atoms with Crippen LogP contribution in [0, 0.1) is 0 Å². The lowest BCUT2D eigenvalue weighted by atomic mass is 10.0. The molecule has 1 amide bonds. The zero-order chi connectivity index (χ0) is 20.5. The average Bonchev–Trinajstić information content (AvgIpc) is 2.77. The summed E-state index contributed by atoms with van der Waals surface area (Å²) < 4.78 is 6.06. The Morgan fingerprint density at radius 3 is 2.34 bits per heavy atom. The maximum absolute atomic E-state index is 12.2. The third-order valence-electron chi connectivity index (χ3n) is 4.54. The first-order chi connectivity index (χ1) is 14.2. The molecule has 3 aromatic rings. The summed E-state index contributed by atoms with van der Waals surface area (Å²) in [5, 5.41) is 4.12. The Balaban J connectivity index is 1.63. The fourth-order valence-corrected chi connectivity index (χ4v) is 2.99. The van der Waals surface area contributed by atoms with Crippen molar-refractivity contribution in [1.82, 2.24) is 5.43 Å². The van der Waals surface area contributed by atoms with Crippen molar-refractivity contribution in [2.75, 3.05) is 0 Å². The van der Waals surface area contributed by atoms with Crippen molar-refractivity contribution in [3.63, 3.8) is 0 Å². The topological polar surface area (TPSA) is 50.7 Å². The van der Waals surface area contributed by atoms with Crippen LogP contribution in [0.25, 0.3) is 11.1 Å². The highest BCUT2D eigenvalue weighted by Crippen LogP contribution is 2.30. The Morgan fingerprint density at radius 1 is 0.931 bits per heavy atom. The zero-order valence-corrected chi connectivity index (χ0v) is 16.9. The summed E-state index contributed by atoms with van der Waals surface area (Å²) >= 11 is 0. The molecule has 1 N–H and O–H groups in total. The Hall–Kier alpha value is -3.40. The molecule has 3 aromatic carbocycles. The molecule has 4 heteroatoms. The minimum atomic E-state index is -0.206. The molecule has 29 heavy (non-hydrogen) atoms. The normalized spacial score (nSPS) is 11.2. The van der Waals surface area contributed by atoms with Crippen LogP contribution in [0.2, 0.25) is 0 Å². The van der Waals surface area contributed by atoms with Gasteiger partial charge in [-0.2, -0.15) is 5.10 Å². The minimum Gasteiger partial charge on any atom is -0.488 e. The number of hydrogen-bond acceptors (Lipinski definition) is 3. The fourth-order valence-electron chi connectivity index (χ4n) is 2.99. The predicted molar refractivity (Wildman–Crippen MR) is 118 cm³/mol. The van der Waals surface area contributed by atoms with Crippen LogP contribution in [-0.2, 0) is 6.61 Å². The lowest BCUT2D eigenvalue weighted by Gasteiger charge is -2.12. The molecule has 148 valence electrons. The monoisotopic (exact) mass is 386 g/mol. The Bertz CT molecular complexity index is 964. The summed E-state index contributed by atoms with van der Waals surface area (Å²) in [7, 11) is 0. The van der Waals surface area contributed by atoms with E-state index in [1.165, 1.54) is 0 Å². The number of rotatable bonds is 8. The molecule has 3 rings (SSSR count). The van der Waals surface area contributed by atoms with E-state index in [4.69, 9.17) is 4.74 Å². The molecule has 0 saturated carbocycles. The third kappa shape index (κ3) is 5.79. The van der Waals surface area contributed by atoms with Gasteiger partial charge in [0.25, 0.3) is 5.91 Å². The summed E-state index contributed by atoms with van der Waals surface area (Å²) in [4.78, 5) is 12.2. The minimum absolute atomic E-state index is 0.206. The van der Waals surface area contributed by atoms with Crippen LogP contribution in [0.5, 0.6) is 5.75 Å². The molecule has 0 unspecified atom stereocenters. The van der Waals surface area contributed by atoms with E-state index < -0.39 is 0 Å². The van der Waals surface area contributed by atoms with Crippen LogP contribution in [-0.4, -0.2) is 11.6 Å². The van der Waals surface area contributed by atoms with Crippen LogP contribution in [0.3, 0.4) is 0 Å². The second kappa shape index (κ2) is 10.2. The first kappa shape index (κ1) is 20.3. The van der Waals surface area contributed by atoms with Crippen LogP contribution in [0.1, 0.15) is 42.6 Å². The number of carbonyl (C=O) groups is 1. The van der Waals surface area contributed by atoms with Gasteiger partial charge >= 0.3 is 0 Å². The standard InChI is InChI=1S/C25H26N2O2/c1-3-9-19(2)26-27-25(28)22-16-14-20(15-17-22)18-29-24-13-8-7-12-23(24)21-10-5-4-6-11-21/h4-8,10-17H,3,9,18H2,1-2H3,(H,27,28)/b26-19-. The Labute approximate surface area is 172 Å². The number of nitrogens with zero attached hydrogens (tertiary/aromatic N) is 1. The van der Waals surface area contributed by atoms with Gasteiger partial charge in [0, 0.05) is 16.8 Å². The molecule has 0 radical (unpaired) electrons. The molecule has 0 bridgehead atoms. The quantitative estimate of drug-likeness (QED) is 0.391. The van der Waals surface area contributed by atoms with Gasteiger partial charge in [-0.15, -0.1) is 0 Å². The first-order valence-corrected chi connectivity index (χ1v) is 9.87. The molecular formula is C25H26N2O2. The number of carbonyl (C=O) groups excluding carboxylic acids is 1. The van der Waals surface area contributed by atoms with E-state index >= 15 is 0 Å². The molecule has 0 saturated heterocycles. The summed E-state index contributed by atoms with van der Waals surface area (Å²) in [6, 6.07) is 25.6. The SMILES string of the molecule is CCC/C(C)=N\NC(=O)c1ccc(COc2ccccc2-c2ccccc2)cc1. The average molecular weight is 386 g/mol. The van der Waals surface area contributed by atoms with Crippen molar-refractivity contribution < 1.29 is 9.53 Å². The third-order valence-corrected chi connectivity index (χ3v) is 4.54. The maximum atomic E-state index is 12.2. The molecule has 0 aliphatic heterocycles. The van der Waals surface area contributed by atoms with Crippen molar-refractivity contribution in [3.05, 3.63) is 90.0 Å². The molecule has 0 spiro atoms. The number of hydrazone groups is 1. The van der Waals surface area contributed by atoms with Crippen molar-refractivity contribution in [2.45, 2.75) is 33.3 Å². The van der Waals surface area contributed by atoms with Gasteiger partial charge in [0.1, 0.15) is 12.4 Å². The molecule has 0 atom stereocenters. The fraction of sp³-hybridized carbons (Fsp3) is 0.200. The number of hydrogen-bond donors (Lipinski definition) is 1. The predicted octanol–water partition coefficient (Wildman–Crippen LogP) is 5.84. The highest BCUT2D eigenvalue weighted by molar-refractivity contribution is 5.95. The summed E-state index contributed by atoms with van der Waals surface area (Å²) in [6.07, 6.45) is 1.88. The largest absolute Gasteiger partial charge is 0.488 e. The van der Waals surface area contributed by atoms with Gasteiger partial charge in [-0.1, -0.05) is 74.0 Å². The van der Waals surface area contributed by atoms with Crippen molar-refractivity contribution in [2.24, 2.45) is 5.10 Å². The van der Waals surface area contributed by atoms with E-state index in [1.807, 2.05) is 55.5 Å².